The van der Waals surface area contributed by atoms with Crippen molar-refractivity contribution in [3.63, 3.8) is 0 Å². The second-order valence-electron chi connectivity index (χ2n) is 4.73. The predicted octanol–water partition coefficient (Wildman–Crippen LogP) is 2.49. The lowest BCUT2D eigenvalue weighted by Gasteiger charge is -2.28. The number of aliphatic hydroxyl groups excluding tert-OH is 1. The van der Waals surface area contributed by atoms with Gasteiger partial charge in [-0.2, -0.15) is 13.2 Å². The molecule has 1 unspecified atom stereocenters. The van der Waals surface area contributed by atoms with Crippen LogP contribution in [0, 0.1) is 0 Å². The molecular formula is C12H24F3NO2. The van der Waals surface area contributed by atoms with Crippen LogP contribution in [0.5, 0.6) is 0 Å². The summed E-state index contributed by atoms with van der Waals surface area (Å²) < 4.78 is 40.7. The van der Waals surface area contributed by atoms with Gasteiger partial charge in [-0.15, -0.1) is 0 Å². The molecule has 0 amide bonds. The van der Waals surface area contributed by atoms with E-state index in [1.165, 1.54) is 0 Å². The Kier molecular flexibility index (Phi) is 8.56. The van der Waals surface area contributed by atoms with E-state index in [0.717, 1.165) is 13.0 Å². The van der Waals surface area contributed by atoms with Gasteiger partial charge in [0.25, 0.3) is 0 Å². The highest BCUT2D eigenvalue weighted by molar-refractivity contribution is 4.81. The minimum Gasteiger partial charge on any atom is -0.394 e. The van der Waals surface area contributed by atoms with Crippen LogP contribution in [0.4, 0.5) is 13.2 Å². The van der Waals surface area contributed by atoms with E-state index in [9.17, 15) is 18.3 Å². The molecule has 0 saturated carbocycles. The van der Waals surface area contributed by atoms with Gasteiger partial charge in [0.05, 0.1) is 6.61 Å². The average molecular weight is 271 g/mol. The topological polar surface area (TPSA) is 41.5 Å². The van der Waals surface area contributed by atoms with Crippen molar-refractivity contribution >= 4 is 0 Å². The SMILES string of the molecule is CCCNC(C)(CO)CCOCCCC(F)(F)F. The Morgan fingerprint density at radius 1 is 1.17 bits per heavy atom. The zero-order chi connectivity index (χ0) is 14.1. The maximum absolute atomic E-state index is 11.8. The zero-order valence-electron chi connectivity index (χ0n) is 11.1. The van der Waals surface area contributed by atoms with Crippen LogP contribution in [0.25, 0.3) is 0 Å². The largest absolute Gasteiger partial charge is 0.394 e. The van der Waals surface area contributed by atoms with Crippen LogP contribution < -0.4 is 5.32 Å². The third-order valence-corrected chi connectivity index (χ3v) is 2.70. The average Bonchev–Trinajstić information content (AvgIpc) is 2.30. The molecule has 3 nitrogen and oxygen atoms in total. The van der Waals surface area contributed by atoms with Gasteiger partial charge in [-0.1, -0.05) is 6.92 Å². The molecule has 2 N–H and O–H groups in total. The van der Waals surface area contributed by atoms with Gasteiger partial charge in [-0.25, -0.2) is 0 Å². The smallest absolute Gasteiger partial charge is 0.389 e. The molecule has 1 atom stereocenters. The maximum Gasteiger partial charge on any atom is 0.389 e. The first kappa shape index (κ1) is 17.7. The van der Waals surface area contributed by atoms with Crippen molar-refractivity contribution in [1.82, 2.24) is 5.32 Å². The Balaban J connectivity index is 3.62. The Morgan fingerprint density at radius 3 is 2.33 bits per heavy atom. The molecular weight excluding hydrogens is 247 g/mol. The van der Waals surface area contributed by atoms with Crippen molar-refractivity contribution in [1.29, 1.82) is 0 Å². The van der Waals surface area contributed by atoms with Gasteiger partial charge in [-0.3, -0.25) is 0 Å². The molecule has 0 bridgehead atoms. The predicted molar refractivity (Wildman–Crippen MR) is 64.5 cm³/mol. The van der Waals surface area contributed by atoms with E-state index >= 15 is 0 Å². The zero-order valence-corrected chi connectivity index (χ0v) is 11.1. The molecule has 0 heterocycles. The molecule has 0 aliphatic carbocycles. The van der Waals surface area contributed by atoms with Gasteiger partial charge in [0.1, 0.15) is 0 Å². The van der Waals surface area contributed by atoms with Gasteiger partial charge in [0.2, 0.25) is 0 Å². The summed E-state index contributed by atoms with van der Waals surface area (Å²) in [7, 11) is 0. The Hall–Kier alpha value is -0.330. The van der Waals surface area contributed by atoms with Crippen LogP contribution in [-0.4, -0.2) is 43.2 Å². The van der Waals surface area contributed by atoms with E-state index in [-0.39, 0.29) is 19.6 Å². The number of nitrogens with one attached hydrogen (secondary N) is 1. The minimum atomic E-state index is -4.11. The molecule has 18 heavy (non-hydrogen) atoms. The molecule has 0 aromatic heterocycles. The number of hydrogen-bond donors (Lipinski definition) is 2. The van der Waals surface area contributed by atoms with Crippen LogP contribution in [0.3, 0.4) is 0 Å². The first-order valence-corrected chi connectivity index (χ1v) is 6.33. The number of rotatable bonds is 10. The van der Waals surface area contributed by atoms with Crippen molar-refractivity contribution in [3.8, 4) is 0 Å². The number of ether oxygens (including phenoxy) is 1. The summed E-state index contributed by atoms with van der Waals surface area (Å²) in [5.74, 6) is 0. The summed E-state index contributed by atoms with van der Waals surface area (Å²) >= 11 is 0. The van der Waals surface area contributed by atoms with Crippen LogP contribution in [0.15, 0.2) is 0 Å². The van der Waals surface area contributed by atoms with E-state index in [2.05, 4.69) is 5.32 Å². The van der Waals surface area contributed by atoms with Crippen molar-refractivity contribution in [2.75, 3.05) is 26.4 Å². The Labute approximate surface area is 107 Å². The first-order chi connectivity index (χ1) is 8.33. The van der Waals surface area contributed by atoms with Crippen molar-refractivity contribution in [2.24, 2.45) is 0 Å². The van der Waals surface area contributed by atoms with E-state index in [1.54, 1.807) is 0 Å². The maximum atomic E-state index is 11.8. The first-order valence-electron chi connectivity index (χ1n) is 6.33. The van der Waals surface area contributed by atoms with Crippen molar-refractivity contribution in [2.45, 2.75) is 51.2 Å². The van der Waals surface area contributed by atoms with Crippen LogP contribution in [0.1, 0.15) is 39.5 Å². The fraction of sp³-hybridized carbons (Fsp3) is 1.00. The molecule has 0 aliphatic heterocycles. The molecule has 0 saturated heterocycles. The number of hydrogen-bond acceptors (Lipinski definition) is 3. The van der Waals surface area contributed by atoms with Crippen LogP contribution in [-0.2, 0) is 4.74 Å². The third-order valence-electron chi connectivity index (χ3n) is 2.70. The van der Waals surface area contributed by atoms with Crippen LogP contribution in [0.2, 0.25) is 0 Å². The molecule has 0 fully saturated rings. The van der Waals surface area contributed by atoms with E-state index < -0.39 is 18.1 Å². The van der Waals surface area contributed by atoms with E-state index in [4.69, 9.17) is 4.74 Å². The van der Waals surface area contributed by atoms with E-state index in [0.29, 0.717) is 13.0 Å². The molecule has 110 valence electrons. The quantitative estimate of drug-likeness (QED) is 0.600. The van der Waals surface area contributed by atoms with Crippen molar-refractivity contribution < 1.29 is 23.0 Å². The monoisotopic (exact) mass is 271 g/mol. The minimum absolute atomic E-state index is 0.0122. The molecule has 0 rings (SSSR count). The number of halogens is 3. The highest BCUT2D eigenvalue weighted by atomic mass is 19.4. The highest BCUT2D eigenvalue weighted by Crippen LogP contribution is 2.21. The van der Waals surface area contributed by atoms with Crippen molar-refractivity contribution in [3.05, 3.63) is 0 Å². The second-order valence-corrected chi connectivity index (χ2v) is 4.73. The summed E-state index contributed by atoms with van der Waals surface area (Å²) in [4.78, 5) is 0. The fourth-order valence-corrected chi connectivity index (χ4v) is 1.42. The third kappa shape index (κ3) is 9.67. The number of alkyl halides is 3. The number of aliphatic hydroxyl groups is 1. The molecule has 6 heteroatoms. The Morgan fingerprint density at radius 2 is 1.83 bits per heavy atom. The fourth-order valence-electron chi connectivity index (χ4n) is 1.42. The summed E-state index contributed by atoms with van der Waals surface area (Å²) in [6.45, 7) is 5.14. The van der Waals surface area contributed by atoms with Gasteiger partial charge in [0.15, 0.2) is 0 Å². The lowest BCUT2D eigenvalue weighted by Crippen LogP contribution is -2.46. The lowest BCUT2D eigenvalue weighted by atomic mass is 9.99. The lowest BCUT2D eigenvalue weighted by molar-refractivity contribution is -0.138. The summed E-state index contributed by atoms with van der Waals surface area (Å²) in [5.41, 5.74) is -0.417. The molecule has 0 aromatic carbocycles. The normalized spacial score (nSPS) is 15.7. The summed E-state index contributed by atoms with van der Waals surface area (Å²) in [5, 5.41) is 12.5. The van der Waals surface area contributed by atoms with Gasteiger partial charge < -0.3 is 15.2 Å². The van der Waals surface area contributed by atoms with Gasteiger partial charge in [-0.05, 0) is 32.7 Å². The highest BCUT2D eigenvalue weighted by Gasteiger charge is 2.26. The molecule has 0 aliphatic rings. The van der Waals surface area contributed by atoms with Gasteiger partial charge in [0, 0.05) is 25.2 Å². The molecule has 0 spiro atoms. The Bertz CT molecular complexity index is 212. The van der Waals surface area contributed by atoms with E-state index in [1.807, 2.05) is 13.8 Å². The van der Waals surface area contributed by atoms with Gasteiger partial charge >= 0.3 is 6.18 Å². The molecule has 0 radical (unpaired) electrons. The second kappa shape index (κ2) is 8.72. The summed E-state index contributed by atoms with van der Waals surface area (Å²) in [6, 6.07) is 0. The standard InChI is InChI=1S/C12H24F3NO2/c1-3-7-16-11(2,10-17)6-9-18-8-4-5-12(13,14)15/h16-17H,3-10H2,1-2H3. The summed E-state index contributed by atoms with van der Waals surface area (Å²) in [6.07, 6.45) is -3.39. The molecule has 0 aromatic rings. The van der Waals surface area contributed by atoms with Crippen LogP contribution >= 0.6 is 0 Å².